The summed E-state index contributed by atoms with van der Waals surface area (Å²) in [6, 6.07) is 25.6. The van der Waals surface area contributed by atoms with E-state index in [0.29, 0.717) is 23.4 Å². The lowest BCUT2D eigenvalue weighted by molar-refractivity contribution is -0.117. The minimum atomic E-state index is -0.379. The van der Waals surface area contributed by atoms with Crippen molar-refractivity contribution in [2.75, 3.05) is 16.8 Å². The molecule has 7 nitrogen and oxygen atoms in total. The second-order valence-electron chi connectivity index (χ2n) is 9.67. The minimum absolute atomic E-state index is 0.00153. The van der Waals surface area contributed by atoms with Gasteiger partial charge in [-0.2, -0.15) is 0 Å². The van der Waals surface area contributed by atoms with E-state index in [9.17, 15) is 14.4 Å². The summed E-state index contributed by atoms with van der Waals surface area (Å²) in [6.07, 6.45) is 2.45. The van der Waals surface area contributed by atoms with Gasteiger partial charge in [0.25, 0.3) is 5.91 Å². The van der Waals surface area contributed by atoms with Crippen molar-refractivity contribution in [3.05, 3.63) is 114 Å². The van der Waals surface area contributed by atoms with Gasteiger partial charge in [0.1, 0.15) is 0 Å². The number of benzene rings is 3. The van der Waals surface area contributed by atoms with Crippen LogP contribution in [-0.4, -0.2) is 35.4 Å². The Bertz CT molecular complexity index is 1510. The van der Waals surface area contributed by atoms with Crippen LogP contribution in [0.1, 0.15) is 45.8 Å². The molecule has 1 aromatic heterocycles. The molecular weight excluding hydrogens is 490 g/mol. The topological polar surface area (TPSA) is 88.6 Å². The van der Waals surface area contributed by atoms with Crippen LogP contribution in [0.15, 0.2) is 91.1 Å². The minimum Gasteiger partial charge on any atom is -0.459 e. The van der Waals surface area contributed by atoms with Crippen molar-refractivity contribution >= 4 is 29.2 Å². The highest BCUT2D eigenvalue weighted by Crippen LogP contribution is 2.32. The molecular formula is C32H29N3O4. The highest BCUT2D eigenvalue weighted by molar-refractivity contribution is 6.09. The fourth-order valence-corrected chi connectivity index (χ4v) is 4.69. The standard InChI is InChI=1S/C32H29N3O4/c1-21(2)39-32(38)23-12-10-22(11-13-23)27-8-3-4-9-28(27)31(37)34-26-14-15-29-24(19-26)16-18-35(29)30(36)20-25-7-5-6-17-33-25/h3-15,17,19,21H,16,18,20H2,1-2H3,(H,34,37). The van der Waals surface area contributed by atoms with Crippen molar-refractivity contribution in [3.8, 4) is 11.1 Å². The largest absolute Gasteiger partial charge is 0.459 e. The molecule has 5 rings (SSSR count). The van der Waals surface area contributed by atoms with Crippen molar-refractivity contribution in [3.63, 3.8) is 0 Å². The number of carbonyl (C=O) groups excluding carboxylic acids is 3. The maximum atomic E-state index is 13.3. The van der Waals surface area contributed by atoms with Crippen LogP contribution in [0.3, 0.4) is 0 Å². The van der Waals surface area contributed by atoms with Gasteiger partial charge in [0.2, 0.25) is 5.91 Å². The summed E-state index contributed by atoms with van der Waals surface area (Å²) in [4.78, 5) is 44.4. The third-order valence-corrected chi connectivity index (χ3v) is 6.54. The number of anilines is 2. The van der Waals surface area contributed by atoms with E-state index in [0.717, 1.165) is 34.5 Å². The van der Waals surface area contributed by atoms with Crippen molar-refractivity contribution in [1.29, 1.82) is 0 Å². The number of rotatable bonds is 7. The Morgan fingerprint density at radius 2 is 1.72 bits per heavy atom. The molecule has 0 aliphatic carbocycles. The average Bonchev–Trinajstić information content (AvgIpc) is 3.37. The Morgan fingerprint density at radius 3 is 2.46 bits per heavy atom. The van der Waals surface area contributed by atoms with Crippen LogP contribution in [0.4, 0.5) is 11.4 Å². The number of hydrogen-bond donors (Lipinski definition) is 1. The first-order valence-corrected chi connectivity index (χ1v) is 12.9. The van der Waals surface area contributed by atoms with E-state index in [4.69, 9.17) is 4.74 Å². The lowest BCUT2D eigenvalue weighted by Gasteiger charge is -2.17. The summed E-state index contributed by atoms with van der Waals surface area (Å²) >= 11 is 0. The smallest absolute Gasteiger partial charge is 0.338 e. The molecule has 0 unspecified atom stereocenters. The molecule has 1 aliphatic heterocycles. The van der Waals surface area contributed by atoms with Crippen LogP contribution in [0.25, 0.3) is 11.1 Å². The SMILES string of the molecule is CC(C)OC(=O)c1ccc(-c2ccccc2C(=O)Nc2ccc3c(c2)CCN3C(=O)Cc2ccccn2)cc1. The van der Waals surface area contributed by atoms with Crippen LogP contribution < -0.4 is 10.2 Å². The lowest BCUT2D eigenvalue weighted by atomic mass is 9.98. The quantitative estimate of drug-likeness (QED) is 0.317. The van der Waals surface area contributed by atoms with E-state index in [-0.39, 0.29) is 30.3 Å². The summed E-state index contributed by atoms with van der Waals surface area (Å²) < 4.78 is 5.26. The number of nitrogens with one attached hydrogen (secondary N) is 1. The number of ether oxygens (including phenoxy) is 1. The van der Waals surface area contributed by atoms with Gasteiger partial charge in [-0.3, -0.25) is 14.6 Å². The van der Waals surface area contributed by atoms with Gasteiger partial charge in [0.15, 0.2) is 0 Å². The summed E-state index contributed by atoms with van der Waals surface area (Å²) in [6.45, 7) is 4.21. The zero-order valence-electron chi connectivity index (χ0n) is 21.9. The Morgan fingerprint density at radius 1 is 0.949 bits per heavy atom. The van der Waals surface area contributed by atoms with Gasteiger partial charge >= 0.3 is 5.97 Å². The van der Waals surface area contributed by atoms with E-state index in [1.54, 1.807) is 43.1 Å². The predicted molar refractivity (Wildman–Crippen MR) is 151 cm³/mol. The molecule has 39 heavy (non-hydrogen) atoms. The first-order valence-electron chi connectivity index (χ1n) is 12.9. The third-order valence-electron chi connectivity index (χ3n) is 6.54. The van der Waals surface area contributed by atoms with Gasteiger partial charge < -0.3 is 15.0 Å². The molecule has 3 aromatic carbocycles. The van der Waals surface area contributed by atoms with Crippen molar-refractivity contribution in [2.24, 2.45) is 0 Å². The molecule has 4 aromatic rings. The number of hydrogen-bond acceptors (Lipinski definition) is 5. The van der Waals surface area contributed by atoms with Crippen LogP contribution in [0.2, 0.25) is 0 Å². The van der Waals surface area contributed by atoms with E-state index >= 15 is 0 Å². The number of aromatic nitrogens is 1. The zero-order valence-corrected chi connectivity index (χ0v) is 21.9. The molecule has 1 N–H and O–H groups in total. The van der Waals surface area contributed by atoms with E-state index in [1.165, 1.54) is 0 Å². The zero-order chi connectivity index (χ0) is 27.4. The molecule has 1 aliphatic rings. The van der Waals surface area contributed by atoms with Crippen LogP contribution in [0, 0.1) is 0 Å². The van der Waals surface area contributed by atoms with Crippen molar-refractivity contribution in [1.82, 2.24) is 4.98 Å². The maximum absolute atomic E-state index is 13.3. The fourth-order valence-electron chi connectivity index (χ4n) is 4.69. The molecule has 0 bridgehead atoms. The van der Waals surface area contributed by atoms with Gasteiger partial charge in [-0.15, -0.1) is 0 Å². The van der Waals surface area contributed by atoms with Crippen molar-refractivity contribution in [2.45, 2.75) is 32.8 Å². The normalized spacial score (nSPS) is 12.2. The number of pyridine rings is 1. The number of fused-ring (bicyclic) bond motifs is 1. The molecule has 0 saturated heterocycles. The highest BCUT2D eigenvalue weighted by Gasteiger charge is 2.25. The second kappa shape index (κ2) is 11.3. The number of esters is 1. The average molecular weight is 520 g/mol. The van der Waals surface area contributed by atoms with E-state index in [2.05, 4.69) is 10.3 Å². The van der Waals surface area contributed by atoms with E-state index < -0.39 is 0 Å². The Labute approximate surface area is 227 Å². The molecule has 7 heteroatoms. The second-order valence-corrected chi connectivity index (χ2v) is 9.67. The van der Waals surface area contributed by atoms with Crippen LogP contribution in [-0.2, 0) is 22.4 Å². The number of amides is 2. The van der Waals surface area contributed by atoms with Gasteiger partial charge in [0.05, 0.1) is 18.1 Å². The third kappa shape index (κ3) is 5.88. The highest BCUT2D eigenvalue weighted by atomic mass is 16.5. The van der Waals surface area contributed by atoms with E-state index in [1.807, 2.05) is 66.7 Å². The molecule has 196 valence electrons. The van der Waals surface area contributed by atoms with Crippen LogP contribution >= 0.6 is 0 Å². The Balaban J connectivity index is 1.30. The van der Waals surface area contributed by atoms with Crippen LogP contribution in [0.5, 0.6) is 0 Å². The molecule has 0 radical (unpaired) electrons. The van der Waals surface area contributed by atoms with Gasteiger partial charge in [-0.1, -0.05) is 36.4 Å². The molecule has 2 amide bonds. The molecule has 0 atom stereocenters. The fraction of sp³-hybridized carbons (Fsp3) is 0.188. The monoisotopic (exact) mass is 519 g/mol. The maximum Gasteiger partial charge on any atom is 0.338 e. The van der Waals surface area contributed by atoms with Gasteiger partial charge in [0, 0.05) is 35.4 Å². The van der Waals surface area contributed by atoms with Gasteiger partial charge in [-0.05, 0) is 85.5 Å². The lowest BCUT2D eigenvalue weighted by Crippen LogP contribution is -2.30. The number of nitrogens with zero attached hydrogens (tertiary/aromatic N) is 2. The van der Waals surface area contributed by atoms with Crippen molar-refractivity contribution < 1.29 is 19.1 Å². The summed E-state index contributed by atoms with van der Waals surface area (Å²) in [5.74, 6) is -0.618. The first kappa shape index (κ1) is 25.9. The Hall–Kier alpha value is -4.78. The van der Waals surface area contributed by atoms with Gasteiger partial charge in [-0.25, -0.2) is 4.79 Å². The Kier molecular flexibility index (Phi) is 7.50. The molecule has 0 spiro atoms. The molecule has 0 fully saturated rings. The first-order chi connectivity index (χ1) is 18.9. The number of carbonyl (C=O) groups is 3. The summed E-state index contributed by atoms with van der Waals surface area (Å²) in [5, 5.41) is 3.01. The predicted octanol–water partition coefficient (Wildman–Crippen LogP) is 5.70. The summed E-state index contributed by atoms with van der Waals surface area (Å²) in [7, 11) is 0. The summed E-state index contributed by atoms with van der Waals surface area (Å²) in [5.41, 5.74) is 5.83. The molecule has 0 saturated carbocycles. The molecule has 2 heterocycles.